The summed E-state index contributed by atoms with van der Waals surface area (Å²) in [5, 5.41) is 60.9. The molecule has 0 radical (unpaired) electrons. The summed E-state index contributed by atoms with van der Waals surface area (Å²) in [5.41, 5.74) is -0.0930. The average Bonchev–Trinajstić information content (AvgIpc) is 2.84. The van der Waals surface area contributed by atoms with E-state index in [2.05, 4.69) is 0 Å². The van der Waals surface area contributed by atoms with Crippen molar-refractivity contribution in [1.82, 2.24) is 0 Å². The normalized spacial score (nSPS) is 23.5. The van der Waals surface area contributed by atoms with Gasteiger partial charge in [0.05, 0.1) is 18.0 Å². The van der Waals surface area contributed by atoms with Crippen molar-refractivity contribution >= 4 is 22.9 Å². The van der Waals surface area contributed by atoms with Gasteiger partial charge >= 0.3 is 5.97 Å². The van der Waals surface area contributed by atoms with E-state index >= 15 is 0 Å². The number of aliphatic hydroxyl groups excluding tert-OH is 3. The molecular weight excluding hydrogens is 496 g/mol. The number of benzene rings is 2. The lowest BCUT2D eigenvalue weighted by Crippen LogP contribution is -2.60. The number of aliphatic hydroxyl groups is 3. The number of carboxylic acids is 1. The lowest BCUT2D eigenvalue weighted by Gasteiger charge is -2.39. The Labute approximate surface area is 207 Å². The number of rotatable bonds is 7. The molecule has 13 heteroatoms. The molecule has 3 aromatic rings. The number of esters is 1. The molecule has 5 atom stereocenters. The van der Waals surface area contributed by atoms with E-state index in [9.17, 15) is 45.0 Å². The third-order valence-corrected chi connectivity index (χ3v) is 5.63. The number of carboxylic acid groups (broad SMARTS) is 1. The first kappa shape index (κ1) is 25.9. The second-order valence-electron chi connectivity index (χ2n) is 8.21. The average molecular weight is 517 g/mol. The molecule has 37 heavy (non-hydrogen) atoms. The van der Waals surface area contributed by atoms with Crippen LogP contribution in [0.2, 0.25) is 0 Å². The number of hydrogen-bond donors (Lipinski definition) is 5. The molecule has 1 aliphatic heterocycles. The minimum Gasteiger partial charge on any atom is -0.550 e. The van der Waals surface area contributed by atoms with Crippen molar-refractivity contribution in [2.24, 2.45) is 0 Å². The van der Waals surface area contributed by atoms with Crippen LogP contribution in [0.25, 0.3) is 22.1 Å². The van der Waals surface area contributed by atoms with E-state index in [1.807, 2.05) is 0 Å². The minimum absolute atomic E-state index is 0.00119. The number of phenols is 2. The van der Waals surface area contributed by atoms with Crippen LogP contribution in [0.3, 0.4) is 0 Å². The monoisotopic (exact) mass is 517 g/mol. The van der Waals surface area contributed by atoms with E-state index in [0.717, 1.165) is 12.3 Å². The van der Waals surface area contributed by atoms with Crippen LogP contribution in [0.15, 0.2) is 51.9 Å². The van der Waals surface area contributed by atoms with E-state index in [0.29, 0.717) is 5.56 Å². The number of aliphatic carboxylic acids is 1. The van der Waals surface area contributed by atoms with Crippen LogP contribution < -0.4 is 15.3 Å². The largest absolute Gasteiger partial charge is 0.550 e. The summed E-state index contributed by atoms with van der Waals surface area (Å²) < 4.78 is 21.1. The van der Waals surface area contributed by atoms with E-state index in [4.69, 9.17) is 18.6 Å². The fraction of sp³-hybridized carbons (Fsp3) is 0.292. The molecule has 1 aliphatic rings. The van der Waals surface area contributed by atoms with Crippen molar-refractivity contribution < 1.29 is 58.9 Å². The molecule has 0 saturated carbocycles. The molecule has 1 aromatic heterocycles. The molecule has 0 amide bonds. The first-order valence-electron chi connectivity index (χ1n) is 10.8. The summed E-state index contributed by atoms with van der Waals surface area (Å²) in [6, 6.07) is 8.02. The molecule has 196 valence electrons. The molecular formula is C24H21O13-. The Morgan fingerprint density at radius 2 is 1.70 bits per heavy atom. The van der Waals surface area contributed by atoms with Gasteiger partial charge in [-0.3, -0.25) is 9.59 Å². The van der Waals surface area contributed by atoms with E-state index in [1.54, 1.807) is 0 Å². The quantitative estimate of drug-likeness (QED) is 0.183. The van der Waals surface area contributed by atoms with Crippen LogP contribution in [-0.2, 0) is 19.1 Å². The first-order valence-corrected chi connectivity index (χ1v) is 10.8. The van der Waals surface area contributed by atoms with Crippen LogP contribution >= 0.6 is 0 Å². The van der Waals surface area contributed by atoms with Crippen LogP contribution in [0.5, 0.6) is 17.2 Å². The molecule has 4 rings (SSSR count). The van der Waals surface area contributed by atoms with Crippen LogP contribution in [0, 0.1) is 0 Å². The number of phenolic OH excluding ortho intramolecular Hbond substituents is 2. The smallest absolute Gasteiger partial charge is 0.311 e. The highest BCUT2D eigenvalue weighted by atomic mass is 16.7. The van der Waals surface area contributed by atoms with E-state index < -0.39 is 66.9 Å². The Balaban J connectivity index is 1.56. The third-order valence-electron chi connectivity index (χ3n) is 5.63. The number of fused-ring (bicyclic) bond motifs is 1. The Morgan fingerprint density at radius 1 is 1.00 bits per heavy atom. The standard InChI is InChI=1S/C24H22O13/c25-11-3-1-10(2-4-11)13-8-34-15-6-12(5-14(26)19(15)20(13)30)36-24-23(33)22(32)21(31)16(37-24)9-35-18(29)7-17(27)28/h1-6,8,16,21-26,31-33H,7,9H2,(H,27,28)/p-1/t16-,21-,22+,23-,24-/m1/s1. The fourth-order valence-corrected chi connectivity index (χ4v) is 3.75. The maximum atomic E-state index is 13.0. The zero-order chi connectivity index (χ0) is 26.9. The van der Waals surface area contributed by atoms with Gasteiger partial charge in [-0.05, 0) is 17.7 Å². The van der Waals surface area contributed by atoms with E-state index in [-0.39, 0.29) is 28.0 Å². The lowest BCUT2D eigenvalue weighted by molar-refractivity contribution is -0.305. The summed E-state index contributed by atoms with van der Waals surface area (Å²) in [6.45, 7) is -0.672. The molecule has 2 aromatic carbocycles. The van der Waals surface area contributed by atoms with Gasteiger partial charge < -0.3 is 54.1 Å². The topological polar surface area (TPSA) is 216 Å². The SMILES string of the molecule is O=C([O-])CC(=O)OC[C@H]1O[C@@H](Oc2cc(O)c3c(=O)c(-c4ccc(O)cc4)coc3c2)[C@H](O)[C@@H](O)[C@@H]1O. The Kier molecular flexibility index (Phi) is 7.31. The van der Waals surface area contributed by atoms with Crippen molar-refractivity contribution in [3.05, 3.63) is 52.9 Å². The van der Waals surface area contributed by atoms with Crippen molar-refractivity contribution in [2.75, 3.05) is 6.61 Å². The lowest BCUT2D eigenvalue weighted by atomic mass is 9.99. The summed E-state index contributed by atoms with van der Waals surface area (Å²) in [7, 11) is 0. The number of carbonyl (C=O) groups excluding carboxylic acids is 2. The number of ether oxygens (including phenoxy) is 3. The fourth-order valence-electron chi connectivity index (χ4n) is 3.75. The Morgan fingerprint density at radius 3 is 2.38 bits per heavy atom. The molecule has 1 fully saturated rings. The van der Waals surface area contributed by atoms with Crippen molar-refractivity contribution in [2.45, 2.75) is 37.1 Å². The maximum absolute atomic E-state index is 13.0. The number of aromatic hydroxyl groups is 2. The van der Waals surface area contributed by atoms with Crippen molar-refractivity contribution in [3.8, 4) is 28.4 Å². The second-order valence-corrected chi connectivity index (χ2v) is 8.21. The molecule has 1 saturated heterocycles. The van der Waals surface area contributed by atoms with Crippen molar-refractivity contribution in [3.63, 3.8) is 0 Å². The minimum atomic E-state index is -1.80. The van der Waals surface area contributed by atoms with Gasteiger partial charge in [-0.15, -0.1) is 0 Å². The predicted octanol–water partition coefficient (Wildman–Crippen LogP) is -1.26. The van der Waals surface area contributed by atoms with Crippen molar-refractivity contribution in [1.29, 1.82) is 0 Å². The zero-order valence-electron chi connectivity index (χ0n) is 18.8. The summed E-state index contributed by atoms with van der Waals surface area (Å²) >= 11 is 0. The third kappa shape index (κ3) is 5.49. The second kappa shape index (κ2) is 10.4. The molecule has 5 N–H and O–H groups in total. The molecule has 0 unspecified atom stereocenters. The highest BCUT2D eigenvalue weighted by Gasteiger charge is 2.45. The molecule has 0 aliphatic carbocycles. The molecule has 13 nitrogen and oxygen atoms in total. The van der Waals surface area contributed by atoms with Gasteiger partial charge in [-0.25, -0.2) is 0 Å². The number of carbonyl (C=O) groups is 2. The summed E-state index contributed by atoms with van der Waals surface area (Å²) in [6.07, 6.45) is -8.23. The zero-order valence-corrected chi connectivity index (χ0v) is 18.8. The summed E-state index contributed by atoms with van der Waals surface area (Å²) in [4.78, 5) is 34.9. The highest BCUT2D eigenvalue weighted by molar-refractivity contribution is 5.89. The molecule has 0 bridgehead atoms. The van der Waals surface area contributed by atoms with Gasteiger partial charge in [0.2, 0.25) is 11.7 Å². The van der Waals surface area contributed by atoms with Gasteiger partial charge in [-0.1, -0.05) is 12.1 Å². The highest BCUT2D eigenvalue weighted by Crippen LogP contribution is 2.33. The van der Waals surface area contributed by atoms with E-state index in [1.165, 1.54) is 30.3 Å². The van der Waals surface area contributed by atoms with Gasteiger partial charge in [-0.2, -0.15) is 0 Å². The first-order chi connectivity index (χ1) is 17.5. The maximum Gasteiger partial charge on any atom is 0.311 e. The van der Waals surface area contributed by atoms with Crippen LogP contribution in [0.4, 0.5) is 0 Å². The van der Waals surface area contributed by atoms with Gasteiger partial charge in [0.1, 0.15) is 65.5 Å². The molecule has 2 heterocycles. The Bertz CT molecular complexity index is 1360. The van der Waals surface area contributed by atoms with Gasteiger partial charge in [0.15, 0.2) is 0 Å². The summed E-state index contributed by atoms with van der Waals surface area (Å²) in [5.74, 6) is -3.52. The van der Waals surface area contributed by atoms with Crippen LogP contribution in [-0.4, -0.2) is 74.8 Å². The van der Waals surface area contributed by atoms with Gasteiger partial charge in [0, 0.05) is 12.1 Å². The van der Waals surface area contributed by atoms with Gasteiger partial charge in [0.25, 0.3) is 0 Å². The Hall–Kier alpha value is -4.17. The molecule has 0 spiro atoms. The van der Waals surface area contributed by atoms with Crippen LogP contribution in [0.1, 0.15) is 6.42 Å². The number of hydrogen-bond acceptors (Lipinski definition) is 13. The predicted molar refractivity (Wildman–Crippen MR) is 119 cm³/mol.